The van der Waals surface area contributed by atoms with Gasteiger partial charge in [0, 0.05) is 31.8 Å². The molecule has 1 saturated heterocycles. The fourth-order valence-corrected chi connectivity index (χ4v) is 3.75. The van der Waals surface area contributed by atoms with E-state index in [1.54, 1.807) is 6.20 Å². The fourth-order valence-electron chi connectivity index (χ4n) is 3.75. The first-order chi connectivity index (χ1) is 10.2. The van der Waals surface area contributed by atoms with Crippen LogP contribution in [-0.4, -0.2) is 28.2 Å². The van der Waals surface area contributed by atoms with Gasteiger partial charge in [0.1, 0.15) is 0 Å². The third-order valence-corrected chi connectivity index (χ3v) is 4.89. The number of likely N-dealkylation sites (tertiary alicyclic amines) is 1. The molecule has 4 heteroatoms. The number of rotatable bonds is 4. The average molecular weight is 286 g/mol. The summed E-state index contributed by atoms with van der Waals surface area (Å²) in [5.41, 5.74) is 1.16. The van der Waals surface area contributed by atoms with E-state index in [1.165, 1.54) is 17.7 Å². The summed E-state index contributed by atoms with van der Waals surface area (Å²) in [5.74, 6) is 0.0821. The first kappa shape index (κ1) is 14.2. The lowest BCUT2D eigenvalue weighted by Gasteiger charge is -2.37. The van der Waals surface area contributed by atoms with Crippen molar-refractivity contribution in [2.45, 2.75) is 51.4 Å². The smallest absolute Gasteiger partial charge is 0.229 e. The summed E-state index contributed by atoms with van der Waals surface area (Å²) in [5, 5.41) is 0. The van der Waals surface area contributed by atoms with Gasteiger partial charge in [-0.1, -0.05) is 18.9 Å². The topological polar surface area (TPSA) is 50.3 Å². The van der Waals surface area contributed by atoms with Crippen molar-refractivity contribution in [2.75, 3.05) is 6.54 Å². The number of piperidine rings is 1. The van der Waals surface area contributed by atoms with E-state index in [1.807, 2.05) is 18.3 Å². The Morgan fingerprint density at radius 3 is 2.48 bits per heavy atom. The Bertz CT molecular complexity index is 501. The van der Waals surface area contributed by atoms with Gasteiger partial charge >= 0.3 is 0 Å². The van der Waals surface area contributed by atoms with Crippen molar-refractivity contribution in [3.8, 4) is 0 Å². The molecule has 4 nitrogen and oxygen atoms in total. The largest absolute Gasteiger partial charge is 0.283 e. The van der Waals surface area contributed by atoms with Gasteiger partial charge < -0.3 is 0 Å². The lowest BCUT2D eigenvalue weighted by Crippen LogP contribution is -2.47. The Hall–Kier alpha value is -1.71. The van der Waals surface area contributed by atoms with Crippen molar-refractivity contribution in [2.24, 2.45) is 5.41 Å². The Morgan fingerprint density at radius 2 is 1.86 bits per heavy atom. The molecule has 1 aliphatic heterocycles. The summed E-state index contributed by atoms with van der Waals surface area (Å²) in [4.78, 5) is 30.2. The molecule has 112 valence electrons. The highest BCUT2D eigenvalue weighted by atomic mass is 16.2. The molecule has 0 unspecified atom stereocenters. The van der Waals surface area contributed by atoms with Crippen LogP contribution in [0.5, 0.6) is 0 Å². The number of hydrogen-bond donors (Lipinski definition) is 0. The Labute approximate surface area is 125 Å². The Kier molecular flexibility index (Phi) is 4.04. The summed E-state index contributed by atoms with van der Waals surface area (Å²) < 4.78 is 0. The second-order valence-electron chi connectivity index (χ2n) is 6.46. The van der Waals surface area contributed by atoms with Crippen molar-refractivity contribution in [3.05, 3.63) is 30.1 Å². The van der Waals surface area contributed by atoms with Gasteiger partial charge in [-0.3, -0.25) is 19.5 Å². The maximum Gasteiger partial charge on any atom is 0.229 e. The van der Waals surface area contributed by atoms with Crippen LogP contribution in [-0.2, 0) is 16.0 Å². The molecule has 0 aromatic carbocycles. The third-order valence-electron chi connectivity index (χ3n) is 4.89. The Morgan fingerprint density at radius 1 is 1.14 bits per heavy atom. The predicted molar refractivity (Wildman–Crippen MR) is 79.4 cm³/mol. The summed E-state index contributed by atoms with van der Waals surface area (Å²) in [6, 6.07) is 3.94. The van der Waals surface area contributed by atoms with Gasteiger partial charge in [0.2, 0.25) is 11.8 Å². The van der Waals surface area contributed by atoms with Crippen LogP contribution in [0.1, 0.15) is 50.5 Å². The molecule has 0 atom stereocenters. The number of aryl methyl sites for hydroxylation is 1. The minimum atomic E-state index is 0.00795. The molecule has 2 heterocycles. The summed E-state index contributed by atoms with van der Waals surface area (Å²) in [6.45, 7) is 0.544. The molecule has 2 amide bonds. The zero-order valence-electron chi connectivity index (χ0n) is 12.4. The molecular formula is C17H22N2O2. The van der Waals surface area contributed by atoms with Crippen molar-refractivity contribution < 1.29 is 9.59 Å². The van der Waals surface area contributed by atoms with Crippen LogP contribution in [0.15, 0.2) is 24.5 Å². The second-order valence-corrected chi connectivity index (χ2v) is 6.46. The molecule has 1 aliphatic carbocycles. The first-order valence-electron chi connectivity index (χ1n) is 7.91. The zero-order chi connectivity index (χ0) is 14.7. The van der Waals surface area contributed by atoms with Crippen LogP contribution in [0.25, 0.3) is 0 Å². The van der Waals surface area contributed by atoms with E-state index in [2.05, 4.69) is 4.98 Å². The molecule has 2 fully saturated rings. The summed E-state index contributed by atoms with van der Waals surface area (Å²) in [7, 11) is 0. The standard InChI is InChI=1S/C17H22N2O2/c20-15-11-17(7-1-2-8-17)12-16(21)19(15)10-4-6-14-5-3-9-18-13-14/h3,5,9,13H,1-2,4,6-8,10-12H2. The highest BCUT2D eigenvalue weighted by Gasteiger charge is 2.44. The lowest BCUT2D eigenvalue weighted by molar-refractivity contribution is -0.153. The van der Waals surface area contributed by atoms with Crippen molar-refractivity contribution in [1.82, 2.24) is 9.88 Å². The number of nitrogens with zero attached hydrogens (tertiary/aromatic N) is 2. The molecule has 1 aromatic heterocycles. The zero-order valence-corrected chi connectivity index (χ0v) is 12.4. The average Bonchev–Trinajstić information content (AvgIpc) is 2.91. The van der Waals surface area contributed by atoms with Gasteiger partial charge in [0.25, 0.3) is 0 Å². The van der Waals surface area contributed by atoms with Crippen LogP contribution < -0.4 is 0 Å². The number of carbonyl (C=O) groups is 2. The van der Waals surface area contributed by atoms with E-state index in [0.29, 0.717) is 19.4 Å². The maximum absolute atomic E-state index is 12.3. The third kappa shape index (κ3) is 3.14. The quantitative estimate of drug-likeness (QED) is 0.800. The van der Waals surface area contributed by atoms with Crippen LogP contribution in [0.3, 0.4) is 0 Å². The summed E-state index contributed by atoms with van der Waals surface area (Å²) >= 11 is 0. The number of hydrogen-bond acceptors (Lipinski definition) is 3. The van der Waals surface area contributed by atoms with E-state index < -0.39 is 0 Å². The van der Waals surface area contributed by atoms with Crippen molar-refractivity contribution in [1.29, 1.82) is 0 Å². The number of imide groups is 1. The van der Waals surface area contributed by atoms with Gasteiger partial charge in [0.05, 0.1) is 0 Å². The normalized spacial score (nSPS) is 21.2. The molecule has 0 bridgehead atoms. The molecule has 3 rings (SSSR count). The molecular weight excluding hydrogens is 264 g/mol. The van der Waals surface area contributed by atoms with E-state index in [9.17, 15) is 9.59 Å². The van der Waals surface area contributed by atoms with E-state index >= 15 is 0 Å². The van der Waals surface area contributed by atoms with Crippen LogP contribution in [0.2, 0.25) is 0 Å². The van der Waals surface area contributed by atoms with E-state index in [0.717, 1.165) is 31.2 Å². The number of aromatic nitrogens is 1. The van der Waals surface area contributed by atoms with Gasteiger partial charge in [0.15, 0.2) is 0 Å². The van der Waals surface area contributed by atoms with Gasteiger partial charge in [-0.15, -0.1) is 0 Å². The highest BCUT2D eigenvalue weighted by Crippen LogP contribution is 2.46. The SMILES string of the molecule is O=C1CC2(CCCC2)CC(=O)N1CCCc1cccnc1. The van der Waals surface area contributed by atoms with Crippen molar-refractivity contribution in [3.63, 3.8) is 0 Å². The molecule has 0 N–H and O–H groups in total. The lowest BCUT2D eigenvalue weighted by atomic mass is 9.76. The monoisotopic (exact) mass is 286 g/mol. The molecule has 0 radical (unpaired) electrons. The summed E-state index contributed by atoms with van der Waals surface area (Å²) in [6.07, 6.45) is 10.9. The van der Waals surface area contributed by atoms with Crippen LogP contribution in [0, 0.1) is 5.41 Å². The molecule has 2 aliphatic rings. The van der Waals surface area contributed by atoms with Crippen molar-refractivity contribution >= 4 is 11.8 Å². The molecule has 1 spiro atoms. The number of pyridine rings is 1. The highest BCUT2D eigenvalue weighted by molar-refractivity contribution is 5.98. The van der Waals surface area contributed by atoms with E-state index in [4.69, 9.17) is 0 Å². The van der Waals surface area contributed by atoms with E-state index in [-0.39, 0.29) is 17.2 Å². The van der Waals surface area contributed by atoms with Crippen LogP contribution in [0.4, 0.5) is 0 Å². The molecule has 1 aromatic rings. The molecule has 21 heavy (non-hydrogen) atoms. The minimum Gasteiger partial charge on any atom is -0.283 e. The fraction of sp³-hybridized carbons (Fsp3) is 0.588. The number of amides is 2. The van der Waals surface area contributed by atoms with Crippen LogP contribution >= 0.6 is 0 Å². The minimum absolute atomic E-state index is 0.00795. The first-order valence-corrected chi connectivity index (χ1v) is 7.91. The van der Waals surface area contributed by atoms with Gasteiger partial charge in [-0.25, -0.2) is 0 Å². The van der Waals surface area contributed by atoms with Gasteiger partial charge in [-0.2, -0.15) is 0 Å². The molecule has 1 saturated carbocycles. The maximum atomic E-state index is 12.3. The number of carbonyl (C=O) groups excluding carboxylic acids is 2. The predicted octanol–water partition coefficient (Wildman–Crippen LogP) is 2.72. The van der Waals surface area contributed by atoms with Gasteiger partial charge in [-0.05, 0) is 42.7 Å². The second kappa shape index (κ2) is 5.96. The Balaban J connectivity index is 1.54.